The van der Waals surface area contributed by atoms with Crippen molar-refractivity contribution in [3.05, 3.63) is 52.2 Å². The molecule has 0 radical (unpaired) electrons. The van der Waals surface area contributed by atoms with Gasteiger partial charge in [0.1, 0.15) is 4.32 Å². The molecule has 0 saturated carbocycles. The molecule has 5 rings (SSSR count). The molecule has 2 aromatic rings. The number of aromatic amines is 1. The molecule has 1 aliphatic carbocycles. The van der Waals surface area contributed by atoms with Crippen LogP contribution in [0.2, 0.25) is 0 Å². The third-order valence-electron chi connectivity index (χ3n) is 5.93. The first-order valence-corrected chi connectivity index (χ1v) is 11.4. The Morgan fingerprint density at radius 1 is 1.27 bits per heavy atom. The summed E-state index contributed by atoms with van der Waals surface area (Å²) in [5.74, 6) is 1.11. The van der Waals surface area contributed by atoms with Crippen LogP contribution in [0.15, 0.2) is 40.8 Å². The summed E-state index contributed by atoms with van der Waals surface area (Å²) in [5, 5.41) is 13.7. The van der Waals surface area contributed by atoms with Gasteiger partial charge in [0, 0.05) is 18.8 Å². The maximum atomic E-state index is 12.7. The van der Waals surface area contributed by atoms with Crippen LogP contribution in [0.25, 0.3) is 6.08 Å². The summed E-state index contributed by atoms with van der Waals surface area (Å²) < 4.78 is 0.510. The number of aromatic nitrogens is 4. The van der Waals surface area contributed by atoms with Crippen LogP contribution in [0.4, 0.5) is 5.69 Å². The van der Waals surface area contributed by atoms with Gasteiger partial charge in [-0.05, 0) is 55.4 Å². The quantitative estimate of drug-likeness (QED) is 0.444. The summed E-state index contributed by atoms with van der Waals surface area (Å²) >= 11 is 6.67. The molecule has 0 unspecified atom stereocenters. The third kappa shape index (κ3) is 3.91. The molecule has 1 amide bonds. The first-order chi connectivity index (χ1) is 14.7. The number of hydrogen-bond donors (Lipinski definition) is 1. The average molecular weight is 439 g/mol. The number of fused-ring (bicyclic) bond motifs is 1. The number of anilines is 1. The van der Waals surface area contributed by atoms with Crippen LogP contribution in [-0.2, 0) is 11.3 Å². The molecule has 2 aliphatic heterocycles. The predicted octanol–water partition coefficient (Wildman–Crippen LogP) is 3.54. The number of amides is 1. The first kappa shape index (κ1) is 19.4. The molecule has 154 valence electrons. The fourth-order valence-electron chi connectivity index (χ4n) is 4.32. The number of allylic oxidation sites excluding steroid dienone is 1. The van der Waals surface area contributed by atoms with Gasteiger partial charge in [-0.25, -0.2) is 0 Å². The molecule has 7 nitrogen and oxygen atoms in total. The highest BCUT2D eigenvalue weighted by molar-refractivity contribution is 8.26. The summed E-state index contributed by atoms with van der Waals surface area (Å²) in [5.41, 5.74) is 3.84. The SMILES string of the molecule is O=C1C(=Cc2ccc(N3CC[C@@H]4CCCC=C4C3)cc2)SC(=S)N1Cc1nn[nH]n1. The van der Waals surface area contributed by atoms with Crippen molar-refractivity contribution in [1.82, 2.24) is 25.5 Å². The molecule has 1 N–H and O–H groups in total. The minimum atomic E-state index is -0.120. The Morgan fingerprint density at radius 3 is 2.93 bits per heavy atom. The summed E-state index contributed by atoms with van der Waals surface area (Å²) in [6.45, 7) is 2.37. The second-order valence-corrected chi connectivity index (χ2v) is 9.48. The second-order valence-electron chi connectivity index (χ2n) is 7.80. The number of rotatable bonds is 4. The fraction of sp³-hybridized carbons (Fsp3) is 0.381. The predicted molar refractivity (Wildman–Crippen MR) is 122 cm³/mol. The normalized spacial score (nSPS) is 23.1. The van der Waals surface area contributed by atoms with E-state index in [1.165, 1.54) is 48.0 Å². The van der Waals surface area contributed by atoms with Gasteiger partial charge in [-0.3, -0.25) is 9.69 Å². The summed E-state index contributed by atoms with van der Waals surface area (Å²) in [6.07, 6.45) is 9.51. The van der Waals surface area contributed by atoms with Gasteiger partial charge < -0.3 is 4.90 Å². The zero-order valence-electron chi connectivity index (χ0n) is 16.5. The fourth-order valence-corrected chi connectivity index (χ4v) is 5.57. The molecule has 2 saturated heterocycles. The van der Waals surface area contributed by atoms with Crippen LogP contribution in [0.1, 0.15) is 37.1 Å². The number of thioether (sulfide) groups is 1. The lowest BCUT2D eigenvalue weighted by molar-refractivity contribution is -0.122. The highest BCUT2D eigenvalue weighted by Gasteiger charge is 2.33. The molecule has 1 atom stereocenters. The van der Waals surface area contributed by atoms with Crippen molar-refractivity contribution in [2.24, 2.45) is 5.92 Å². The van der Waals surface area contributed by atoms with Crippen molar-refractivity contribution in [1.29, 1.82) is 0 Å². The molecule has 1 aromatic heterocycles. The molecular weight excluding hydrogens is 416 g/mol. The van der Waals surface area contributed by atoms with E-state index in [2.05, 4.69) is 55.9 Å². The molecule has 30 heavy (non-hydrogen) atoms. The number of nitrogens with zero attached hydrogens (tertiary/aromatic N) is 5. The lowest BCUT2D eigenvalue weighted by Crippen LogP contribution is -2.36. The van der Waals surface area contributed by atoms with E-state index in [9.17, 15) is 4.79 Å². The number of nitrogens with one attached hydrogen (secondary N) is 1. The Hall–Kier alpha value is -2.52. The van der Waals surface area contributed by atoms with Gasteiger partial charge >= 0.3 is 0 Å². The van der Waals surface area contributed by atoms with E-state index in [0.717, 1.165) is 24.6 Å². The maximum absolute atomic E-state index is 12.7. The summed E-state index contributed by atoms with van der Waals surface area (Å²) in [6, 6.07) is 8.44. The Kier molecular flexibility index (Phi) is 5.39. The molecule has 3 aliphatic rings. The minimum Gasteiger partial charge on any atom is -0.368 e. The van der Waals surface area contributed by atoms with Crippen LogP contribution in [0, 0.1) is 5.92 Å². The van der Waals surface area contributed by atoms with Crippen molar-refractivity contribution in [3.8, 4) is 0 Å². The van der Waals surface area contributed by atoms with Crippen LogP contribution in [-0.4, -0.2) is 48.8 Å². The molecule has 3 heterocycles. The van der Waals surface area contributed by atoms with E-state index in [0.29, 0.717) is 15.1 Å². The smallest absolute Gasteiger partial charge is 0.266 e. The van der Waals surface area contributed by atoms with E-state index in [1.54, 1.807) is 5.57 Å². The number of benzene rings is 1. The zero-order chi connectivity index (χ0) is 20.5. The molecular formula is C21H22N6OS2. The third-order valence-corrected chi connectivity index (χ3v) is 7.30. The highest BCUT2D eigenvalue weighted by atomic mass is 32.2. The van der Waals surface area contributed by atoms with Crippen molar-refractivity contribution < 1.29 is 4.79 Å². The van der Waals surface area contributed by atoms with Crippen molar-refractivity contribution >= 4 is 46.0 Å². The van der Waals surface area contributed by atoms with Gasteiger partial charge in [-0.1, -0.05) is 53.0 Å². The zero-order valence-corrected chi connectivity index (χ0v) is 18.1. The van der Waals surface area contributed by atoms with Crippen molar-refractivity contribution in [3.63, 3.8) is 0 Å². The Bertz CT molecular complexity index is 1010. The molecule has 0 spiro atoms. The topological polar surface area (TPSA) is 78.0 Å². The largest absolute Gasteiger partial charge is 0.368 e. The van der Waals surface area contributed by atoms with Gasteiger partial charge in [0.15, 0.2) is 5.82 Å². The molecule has 0 bridgehead atoms. The van der Waals surface area contributed by atoms with E-state index < -0.39 is 0 Å². The van der Waals surface area contributed by atoms with E-state index in [4.69, 9.17) is 12.2 Å². The monoisotopic (exact) mass is 438 g/mol. The van der Waals surface area contributed by atoms with Crippen molar-refractivity contribution in [2.75, 3.05) is 18.0 Å². The summed E-state index contributed by atoms with van der Waals surface area (Å²) in [7, 11) is 0. The van der Waals surface area contributed by atoms with Crippen LogP contribution in [0.3, 0.4) is 0 Å². The number of tetrazole rings is 1. The highest BCUT2D eigenvalue weighted by Crippen LogP contribution is 2.35. The lowest BCUT2D eigenvalue weighted by Gasteiger charge is -2.37. The van der Waals surface area contributed by atoms with Gasteiger partial charge in [-0.15, -0.1) is 10.2 Å². The van der Waals surface area contributed by atoms with E-state index in [1.807, 2.05) is 6.08 Å². The van der Waals surface area contributed by atoms with Crippen molar-refractivity contribution in [2.45, 2.75) is 32.2 Å². The van der Waals surface area contributed by atoms with Gasteiger partial charge in [-0.2, -0.15) is 5.21 Å². The number of H-pyrrole nitrogens is 1. The number of piperidine rings is 1. The molecule has 9 heteroatoms. The van der Waals surface area contributed by atoms with Gasteiger partial charge in [0.2, 0.25) is 0 Å². The average Bonchev–Trinajstić information content (AvgIpc) is 3.38. The minimum absolute atomic E-state index is 0.120. The number of carbonyl (C=O) groups is 1. The van der Waals surface area contributed by atoms with Crippen LogP contribution < -0.4 is 4.90 Å². The van der Waals surface area contributed by atoms with E-state index in [-0.39, 0.29) is 12.5 Å². The molecule has 2 fully saturated rings. The number of carbonyl (C=O) groups excluding carboxylic acids is 1. The maximum Gasteiger partial charge on any atom is 0.266 e. The number of thiocarbonyl (C=S) groups is 1. The van der Waals surface area contributed by atoms with Gasteiger partial charge in [0.25, 0.3) is 5.91 Å². The Balaban J connectivity index is 1.28. The van der Waals surface area contributed by atoms with E-state index >= 15 is 0 Å². The standard InChI is InChI=1S/C21H22N6OS2/c28-20-18(30-21(29)27(20)13-19-22-24-25-23-19)11-14-5-7-17(8-6-14)26-10-9-15-3-1-2-4-16(15)12-26/h4-8,11,15H,1-3,9-10,12-13H2,(H,22,23,24,25)/t15-/m0/s1. The molecule has 1 aromatic carbocycles. The Labute approximate surface area is 184 Å². The van der Waals surface area contributed by atoms with Crippen LogP contribution >= 0.6 is 24.0 Å². The van der Waals surface area contributed by atoms with Crippen LogP contribution in [0.5, 0.6) is 0 Å². The lowest BCUT2D eigenvalue weighted by atomic mass is 9.82. The number of hydrogen-bond acceptors (Lipinski definition) is 7. The first-order valence-electron chi connectivity index (χ1n) is 10.2. The second kappa shape index (κ2) is 8.31. The summed E-state index contributed by atoms with van der Waals surface area (Å²) in [4.78, 5) is 17.3. The Morgan fingerprint density at radius 2 is 2.13 bits per heavy atom. The van der Waals surface area contributed by atoms with Gasteiger partial charge in [0.05, 0.1) is 11.4 Å².